The van der Waals surface area contributed by atoms with Gasteiger partial charge in [-0.05, 0) is 32.1 Å². The summed E-state index contributed by atoms with van der Waals surface area (Å²) >= 11 is 0. The van der Waals surface area contributed by atoms with Crippen LogP contribution in [-0.4, -0.2) is 48.6 Å². The molecule has 6 nitrogen and oxygen atoms in total. The van der Waals surface area contributed by atoms with E-state index < -0.39 is 0 Å². The normalized spacial score (nSPS) is 28.2. The van der Waals surface area contributed by atoms with Gasteiger partial charge >= 0.3 is 0 Å². The van der Waals surface area contributed by atoms with Gasteiger partial charge in [-0.25, -0.2) is 0 Å². The van der Waals surface area contributed by atoms with Crippen molar-refractivity contribution in [2.45, 2.75) is 50.9 Å². The summed E-state index contributed by atoms with van der Waals surface area (Å²) in [6, 6.07) is 2.20. The second kappa shape index (κ2) is 6.01. The number of nitrogens with two attached hydrogens (primary N) is 1. The van der Waals surface area contributed by atoms with Crippen molar-refractivity contribution in [3.8, 4) is 0 Å². The van der Waals surface area contributed by atoms with Crippen LogP contribution in [0.25, 0.3) is 0 Å². The van der Waals surface area contributed by atoms with E-state index in [1.54, 1.807) is 0 Å². The van der Waals surface area contributed by atoms with E-state index in [0.29, 0.717) is 18.8 Å². The number of ether oxygens (including phenoxy) is 1. The fourth-order valence-corrected chi connectivity index (χ4v) is 3.91. The van der Waals surface area contributed by atoms with Gasteiger partial charge in [0, 0.05) is 38.8 Å². The predicted octanol–water partition coefficient (Wildman–Crippen LogP) is 1.29. The van der Waals surface area contributed by atoms with Crippen LogP contribution in [0.15, 0.2) is 6.07 Å². The molecule has 0 radical (unpaired) electrons. The molecule has 120 valence electrons. The Bertz CT molecular complexity index is 519. The summed E-state index contributed by atoms with van der Waals surface area (Å²) in [5, 5.41) is 8.86. The molecule has 2 unspecified atom stereocenters. The average molecular weight is 303 g/mol. The van der Waals surface area contributed by atoms with Crippen LogP contribution in [0.2, 0.25) is 0 Å². The third-order valence-corrected chi connectivity index (χ3v) is 5.09. The van der Waals surface area contributed by atoms with Crippen LogP contribution in [0.5, 0.6) is 0 Å². The van der Waals surface area contributed by atoms with E-state index in [1.165, 1.54) is 37.8 Å². The number of nitrogens with zero attached hydrogens (tertiary/aromatic N) is 4. The minimum Gasteiger partial charge on any atom is -0.371 e. The predicted molar refractivity (Wildman–Crippen MR) is 86.1 cm³/mol. The van der Waals surface area contributed by atoms with Gasteiger partial charge in [0.2, 0.25) is 0 Å². The van der Waals surface area contributed by atoms with E-state index in [-0.39, 0.29) is 0 Å². The lowest BCUT2D eigenvalue weighted by Gasteiger charge is -2.34. The monoisotopic (exact) mass is 303 g/mol. The van der Waals surface area contributed by atoms with Gasteiger partial charge in [0.25, 0.3) is 0 Å². The second-order valence-corrected chi connectivity index (χ2v) is 6.65. The molecule has 3 fully saturated rings. The van der Waals surface area contributed by atoms with Gasteiger partial charge in [-0.15, -0.1) is 10.2 Å². The topological polar surface area (TPSA) is 67.5 Å². The number of hydrogen-bond acceptors (Lipinski definition) is 6. The largest absolute Gasteiger partial charge is 0.371 e. The quantitative estimate of drug-likeness (QED) is 0.907. The van der Waals surface area contributed by atoms with E-state index in [0.717, 1.165) is 37.7 Å². The molecule has 4 rings (SSSR count). The van der Waals surface area contributed by atoms with Crippen molar-refractivity contribution in [1.82, 2.24) is 10.2 Å². The molecule has 0 saturated carbocycles. The fourth-order valence-electron chi connectivity index (χ4n) is 3.91. The van der Waals surface area contributed by atoms with Crippen LogP contribution >= 0.6 is 0 Å². The molecule has 0 aliphatic carbocycles. The van der Waals surface area contributed by atoms with Crippen LogP contribution in [0.4, 0.5) is 11.5 Å². The molecule has 3 saturated heterocycles. The fraction of sp³-hybridized carbons (Fsp3) is 0.750. The Morgan fingerprint density at radius 2 is 1.77 bits per heavy atom. The summed E-state index contributed by atoms with van der Waals surface area (Å²) in [5.74, 6) is 0.984. The van der Waals surface area contributed by atoms with Gasteiger partial charge in [0.15, 0.2) is 5.82 Å². The van der Waals surface area contributed by atoms with Gasteiger partial charge < -0.3 is 20.3 Å². The van der Waals surface area contributed by atoms with Crippen molar-refractivity contribution in [3.63, 3.8) is 0 Å². The molecule has 3 aliphatic rings. The van der Waals surface area contributed by atoms with Gasteiger partial charge in [0.1, 0.15) is 5.69 Å². The lowest BCUT2D eigenvalue weighted by atomic mass is 10.1. The summed E-state index contributed by atoms with van der Waals surface area (Å²) in [6.45, 7) is 4.53. The molecule has 4 heterocycles. The maximum absolute atomic E-state index is 5.92. The molecule has 0 spiro atoms. The van der Waals surface area contributed by atoms with Crippen molar-refractivity contribution in [2.75, 3.05) is 36.0 Å². The number of hydrogen-bond donors (Lipinski definition) is 1. The number of rotatable bonds is 3. The van der Waals surface area contributed by atoms with E-state index in [2.05, 4.69) is 26.1 Å². The van der Waals surface area contributed by atoms with E-state index in [1.807, 2.05) is 0 Å². The van der Waals surface area contributed by atoms with Gasteiger partial charge in [-0.2, -0.15) is 0 Å². The summed E-state index contributed by atoms with van der Waals surface area (Å²) in [4.78, 5) is 4.77. The maximum atomic E-state index is 5.92. The molecule has 2 bridgehead atoms. The zero-order valence-electron chi connectivity index (χ0n) is 13.1. The SMILES string of the molecule is NCc1nnc(N2CC3CCC(C2)O3)cc1N1CCCCC1. The van der Waals surface area contributed by atoms with Crippen molar-refractivity contribution in [3.05, 3.63) is 11.8 Å². The van der Waals surface area contributed by atoms with Crippen LogP contribution in [-0.2, 0) is 11.3 Å². The highest BCUT2D eigenvalue weighted by Crippen LogP contribution is 2.31. The second-order valence-electron chi connectivity index (χ2n) is 6.65. The summed E-state index contributed by atoms with van der Waals surface area (Å²) in [7, 11) is 0. The van der Waals surface area contributed by atoms with Crippen molar-refractivity contribution in [1.29, 1.82) is 0 Å². The smallest absolute Gasteiger partial charge is 0.153 e. The molecule has 6 heteroatoms. The Kier molecular flexibility index (Phi) is 3.88. The highest BCUT2D eigenvalue weighted by molar-refractivity contribution is 5.58. The number of morpholine rings is 1. The first-order valence-corrected chi connectivity index (χ1v) is 8.55. The first-order chi connectivity index (χ1) is 10.8. The minimum absolute atomic E-state index is 0.369. The molecule has 22 heavy (non-hydrogen) atoms. The molecule has 0 amide bonds. The lowest BCUT2D eigenvalue weighted by molar-refractivity contribution is 0.0302. The molecular weight excluding hydrogens is 278 g/mol. The van der Waals surface area contributed by atoms with Gasteiger partial charge in [0.05, 0.1) is 17.9 Å². The highest BCUT2D eigenvalue weighted by atomic mass is 16.5. The van der Waals surface area contributed by atoms with E-state index >= 15 is 0 Å². The number of anilines is 2. The Balaban J connectivity index is 1.60. The minimum atomic E-state index is 0.369. The molecular formula is C16H25N5O. The Morgan fingerprint density at radius 3 is 2.45 bits per heavy atom. The number of aromatic nitrogens is 2. The van der Waals surface area contributed by atoms with Crippen LogP contribution in [0.3, 0.4) is 0 Å². The first-order valence-electron chi connectivity index (χ1n) is 8.55. The zero-order chi connectivity index (χ0) is 14.9. The molecule has 1 aromatic rings. The van der Waals surface area contributed by atoms with E-state index in [4.69, 9.17) is 10.5 Å². The van der Waals surface area contributed by atoms with Crippen molar-refractivity contribution in [2.24, 2.45) is 5.73 Å². The summed E-state index contributed by atoms with van der Waals surface area (Å²) in [5.41, 5.74) is 7.98. The highest BCUT2D eigenvalue weighted by Gasteiger charge is 2.34. The molecule has 2 atom stereocenters. The molecule has 3 aliphatic heterocycles. The Hall–Kier alpha value is -1.40. The summed E-state index contributed by atoms with van der Waals surface area (Å²) in [6.07, 6.45) is 6.92. The number of fused-ring (bicyclic) bond motifs is 2. The van der Waals surface area contributed by atoms with Crippen molar-refractivity contribution >= 4 is 11.5 Å². The van der Waals surface area contributed by atoms with Crippen LogP contribution in [0, 0.1) is 0 Å². The zero-order valence-corrected chi connectivity index (χ0v) is 13.1. The van der Waals surface area contributed by atoms with Crippen LogP contribution in [0.1, 0.15) is 37.8 Å². The molecule has 0 aromatic carbocycles. The third-order valence-electron chi connectivity index (χ3n) is 5.09. The van der Waals surface area contributed by atoms with Gasteiger partial charge in [-0.1, -0.05) is 0 Å². The molecule has 2 N–H and O–H groups in total. The average Bonchev–Trinajstić information content (AvgIpc) is 2.93. The Morgan fingerprint density at radius 1 is 1.05 bits per heavy atom. The third kappa shape index (κ3) is 2.65. The first kappa shape index (κ1) is 14.2. The lowest BCUT2D eigenvalue weighted by Crippen LogP contribution is -2.43. The van der Waals surface area contributed by atoms with E-state index in [9.17, 15) is 0 Å². The maximum Gasteiger partial charge on any atom is 0.153 e. The standard InChI is InChI=1S/C16H25N5O/c17-9-14-15(20-6-2-1-3-7-20)8-16(19-18-14)21-10-12-4-5-13(11-21)22-12/h8,12-13H,1-7,9-11,17H2. The Labute approximate surface area is 131 Å². The summed E-state index contributed by atoms with van der Waals surface area (Å²) < 4.78 is 5.92. The molecule has 1 aromatic heterocycles. The number of piperidine rings is 1. The van der Waals surface area contributed by atoms with Crippen LogP contribution < -0.4 is 15.5 Å². The van der Waals surface area contributed by atoms with Gasteiger partial charge in [-0.3, -0.25) is 0 Å². The van der Waals surface area contributed by atoms with Crippen molar-refractivity contribution < 1.29 is 4.74 Å².